The largest absolute Gasteiger partial charge is 0.491 e. The van der Waals surface area contributed by atoms with Crippen molar-refractivity contribution in [3.05, 3.63) is 48.3 Å². The number of amides is 1. The van der Waals surface area contributed by atoms with E-state index in [1.54, 1.807) is 42.7 Å². The highest BCUT2D eigenvalue weighted by Gasteiger charge is 2.37. The van der Waals surface area contributed by atoms with E-state index in [0.29, 0.717) is 31.0 Å². The molecular formula is C19H24N4O3. The van der Waals surface area contributed by atoms with E-state index in [1.165, 1.54) is 0 Å². The molecule has 1 atom stereocenters. The van der Waals surface area contributed by atoms with E-state index in [2.05, 4.69) is 15.3 Å². The van der Waals surface area contributed by atoms with Crippen molar-refractivity contribution in [2.24, 2.45) is 0 Å². The van der Waals surface area contributed by atoms with Crippen LogP contribution in [0.5, 0.6) is 5.75 Å². The molecule has 0 radical (unpaired) electrons. The lowest BCUT2D eigenvalue weighted by molar-refractivity contribution is 0.0575. The predicted molar refractivity (Wildman–Crippen MR) is 98.4 cm³/mol. The van der Waals surface area contributed by atoms with Crippen LogP contribution in [-0.2, 0) is 0 Å². The number of benzene rings is 1. The van der Waals surface area contributed by atoms with Crippen LogP contribution >= 0.6 is 0 Å². The zero-order chi connectivity index (χ0) is 18.6. The Bertz CT molecular complexity index is 736. The Kier molecular flexibility index (Phi) is 5.37. The topological polar surface area (TPSA) is 87.6 Å². The average molecular weight is 356 g/mol. The molecule has 0 spiro atoms. The zero-order valence-corrected chi connectivity index (χ0v) is 15.1. The molecule has 1 amide bonds. The fourth-order valence-corrected chi connectivity index (χ4v) is 2.93. The Morgan fingerprint density at radius 1 is 1.31 bits per heavy atom. The van der Waals surface area contributed by atoms with E-state index >= 15 is 0 Å². The lowest BCUT2D eigenvalue weighted by Crippen LogP contribution is -2.45. The summed E-state index contributed by atoms with van der Waals surface area (Å²) in [6, 6.07) is 8.73. The number of nitrogens with zero attached hydrogens (tertiary/aromatic N) is 3. The van der Waals surface area contributed by atoms with Crippen LogP contribution in [0.4, 0.5) is 5.95 Å². The number of nitrogens with one attached hydrogen (secondary N) is 1. The van der Waals surface area contributed by atoms with Gasteiger partial charge in [-0.2, -0.15) is 0 Å². The van der Waals surface area contributed by atoms with Gasteiger partial charge in [0.2, 0.25) is 5.95 Å². The number of carbonyl (C=O) groups excluding carboxylic acids is 1. The van der Waals surface area contributed by atoms with Gasteiger partial charge in [-0.05, 0) is 50.6 Å². The Labute approximate surface area is 153 Å². The molecule has 1 aliphatic rings. The summed E-state index contributed by atoms with van der Waals surface area (Å²) < 4.78 is 5.57. The van der Waals surface area contributed by atoms with E-state index in [1.807, 2.05) is 18.7 Å². The second-order valence-corrected chi connectivity index (χ2v) is 6.82. The lowest BCUT2D eigenvalue weighted by atomic mass is 10.0. The molecule has 0 bridgehead atoms. The van der Waals surface area contributed by atoms with Crippen LogP contribution in [0.2, 0.25) is 0 Å². The fourth-order valence-electron chi connectivity index (χ4n) is 2.93. The van der Waals surface area contributed by atoms with Gasteiger partial charge in [-0.1, -0.05) is 0 Å². The second kappa shape index (κ2) is 7.70. The van der Waals surface area contributed by atoms with Gasteiger partial charge in [-0.25, -0.2) is 9.97 Å². The maximum atomic E-state index is 12.3. The number of hydrogen-bond donors (Lipinski definition) is 2. The van der Waals surface area contributed by atoms with Crippen molar-refractivity contribution in [3.63, 3.8) is 0 Å². The zero-order valence-electron chi connectivity index (χ0n) is 15.1. The molecule has 1 fully saturated rings. The Balaban J connectivity index is 1.54. The van der Waals surface area contributed by atoms with Crippen molar-refractivity contribution in [2.75, 3.05) is 24.5 Å². The SMILES string of the molecule is CC(C)Oc1ccc(C(=O)NC[C@]2(O)CCN(c3ncccn3)C2)cc1. The first kappa shape index (κ1) is 18.1. The molecule has 7 nitrogen and oxygen atoms in total. The van der Waals surface area contributed by atoms with Gasteiger partial charge in [0.1, 0.15) is 11.4 Å². The molecule has 2 heterocycles. The van der Waals surface area contributed by atoms with Gasteiger partial charge in [0.25, 0.3) is 5.91 Å². The Morgan fingerprint density at radius 3 is 2.65 bits per heavy atom. The Morgan fingerprint density at radius 2 is 2.00 bits per heavy atom. The highest BCUT2D eigenvalue weighted by Crippen LogP contribution is 2.23. The van der Waals surface area contributed by atoms with Crippen molar-refractivity contribution in [3.8, 4) is 5.75 Å². The van der Waals surface area contributed by atoms with Crippen LogP contribution < -0.4 is 15.0 Å². The summed E-state index contributed by atoms with van der Waals surface area (Å²) in [6.07, 6.45) is 3.98. The van der Waals surface area contributed by atoms with E-state index in [-0.39, 0.29) is 18.6 Å². The molecule has 1 saturated heterocycles. The van der Waals surface area contributed by atoms with Gasteiger partial charge >= 0.3 is 0 Å². The van der Waals surface area contributed by atoms with Crippen LogP contribution in [0, 0.1) is 0 Å². The average Bonchev–Trinajstić information content (AvgIpc) is 3.03. The molecule has 7 heteroatoms. The monoisotopic (exact) mass is 356 g/mol. The number of β-amino-alcohol motifs (C(OH)–C–C–N with tert-alkyl or cyclic N) is 1. The molecule has 2 N–H and O–H groups in total. The van der Waals surface area contributed by atoms with Crippen molar-refractivity contribution in [1.29, 1.82) is 0 Å². The minimum absolute atomic E-state index is 0.0860. The summed E-state index contributed by atoms with van der Waals surface area (Å²) in [5.41, 5.74) is -0.457. The predicted octanol–water partition coefficient (Wildman–Crippen LogP) is 1.63. The van der Waals surface area contributed by atoms with Crippen molar-refractivity contribution >= 4 is 11.9 Å². The van der Waals surface area contributed by atoms with Crippen LogP contribution in [0.15, 0.2) is 42.7 Å². The van der Waals surface area contributed by atoms with Gasteiger partial charge in [-0.15, -0.1) is 0 Å². The summed E-state index contributed by atoms with van der Waals surface area (Å²) in [4.78, 5) is 22.7. The second-order valence-electron chi connectivity index (χ2n) is 6.82. The maximum Gasteiger partial charge on any atom is 0.251 e. The van der Waals surface area contributed by atoms with Gasteiger partial charge in [0.15, 0.2) is 0 Å². The summed E-state index contributed by atoms with van der Waals surface area (Å²) in [5.74, 6) is 1.10. The van der Waals surface area contributed by atoms with Gasteiger partial charge in [0, 0.05) is 31.0 Å². The standard InChI is InChI=1S/C19H24N4O3/c1-14(2)26-16-6-4-15(5-7-16)17(24)22-12-19(25)8-11-23(13-19)18-20-9-3-10-21-18/h3-7,9-10,14,25H,8,11-13H2,1-2H3,(H,22,24)/t19-/m1/s1. The van der Waals surface area contributed by atoms with E-state index in [4.69, 9.17) is 4.74 Å². The minimum Gasteiger partial charge on any atom is -0.491 e. The lowest BCUT2D eigenvalue weighted by Gasteiger charge is -2.23. The summed E-state index contributed by atoms with van der Waals surface area (Å²) in [7, 11) is 0. The number of aromatic nitrogens is 2. The number of carbonyl (C=O) groups is 1. The molecule has 138 valence electrons. The number of rotatable bonds is 6. The first-order valence-electron chi connectivity index (χ1n) is 8.74. The molecule has 26 heavy (non-hydrogen) atoms. The molecule has 0 unspecified atom stereocenters. The van der Waals surface area contributed by atoms with Crippen molar-refractivity contribution < 1.29 is 14.6 Å². The van der Waals surface area contributed by atoms with E-state index < -0.39 is 5.60 Å². The number of aliphatic hydroxyl groups is 1. The first-order valence-corrected chi connectivity index (χ1v) is 8.74. The van der Waals surface area contributed by atoms with Gasteiger partial charge in [-0.3, -0.25) is 4.79 Å². The van der Waals surface area contributed by atoms with E-state index in [0.717, 1.165) is 5.75 Å². The minimum atomic E-state index is -0.991. The smallest absolute Gasteiger partial charge is 0.251 e. The summed E-state index contributed by atoms with van der Waals surface area (Å²) >= 11 is 0. The molecule has 2 aromatic rings. The highest BCUT2D eigenvalue weighted by molar-refractivity contribution is 5.94. The third kappa shape index (κ3) is 4.49. The fraction of sp³-hybridized carbons (Fsp3) is 0.421. The highest BCUT2D eigenvalue weighted by atomic mass is 16.5. The molecular weight excluding hydrogens is 332 g/mol. The summed E-state index contributed by atoms with van der Waals surface area (Å²) in [5, 5.41) is 13.5. The first-order chi connectivity index (χ1) is 12.5. The van der Waals surface area contributed by atoms with Crippen LogP contribution in [-0.4, -0.2) is 52.3 Å². The van der Waals surface area contributed by atoms with Crippen LogP contribution in [0.3, 0.4) is 0 Å². The van der Waals surface area contributed by atoms with Crippen molar-refractivity contribution in [2.45, 2.75) is 32.0 Å². The van der Waals surface area contributed by atoms with Crippen molar-refractivity contribution in [1.82, 2.24) is 15.3 Å². The normalized spacial score (nSPS) is 19.6. The number of hydrogen-bond acceptors (Lipinski definition) is 6. The van der Waals surface area contributed by atoms with Gasteiger partial charge in [0.05, 0.1) is 12.6 Å². The third-order valence-electron chi connectivity index (χ3n) is 4.23. The van der Waals surface area contributed by atoms with Gasteiger partial charge < -0.3 is 20.1 Å². The number of ether oxygens (including phenoxy) is 1. The molecule has 1 aromatic heterocycles. The molecule has 1 aromatic carbocycles. The van der Waals surface area contributed by atoms with Crippen LogP contribution in [0.1, 0.15) is 30.6 Å². The van der Waals surface area contributed by atoms with Crippen LogP contribution in [0.25, 0.3) is 0 Å². The summed E-state index contributed by atoms with van der Waals surface area (Å²) in [6.45, 7) is 5.12. The molecule has 3 rings (SSSR count). The third-order valence-corrected chi connectivity index (χ3v) is 4.23. The number of anilines is 1. The maximum absolute atomic E-state index is 12.3. The Hall–Kier alpha value is -2.67. The van der Waals surface area contributed by atoms with E-state index in [9.17, 15) is 9.90 Å². The molecule has 0 saturated carbocycles. The molecule has 1 aliphatic heterocycles. The molecule has 0 aliphatic carbocycles. The quantitative estimate of drug-likeness (QED) is 0.818.